The molecule has 6 saturated heterocycles. The number of piperidine rings is 6. The molecule has 18 heteroatoms. The van der Waals surface area contributed by atoms with E-state index in [4.69, 9.17) is 29.9 Å². The lowest BCUT2D eigenvalue weighted by Crippen LogP contribution is -2.63. The summed E-state index contributed by atoms with van der Waals surface area (Å²) in [7, 11) is 16.3. The van der Waals surface area contributed by atoms with Gasteiger partial charge in [-0.05, 0) is 318 Å². The van der Waals surface area contributed by atoms with Gasteiger partial charge in [0.2, 0.25) is 35.7 Å². The van der Waals surface area contributed by atoms with Gasteiger partial charge in [0.1, 0.15) is 0 Å². The fraction of sp³-hybridized carbons (Fsp3) is 0.929. The lowest BCUT2D eigenvalue weighted by atomic mass is 9.76. The second-order valence-corrected chi connectivity index (χ2v) is 42.0. The molecule has 2 aromatic heterocycles. The highest BCUT2D eigenvalue weighted by Gasteiger charge is 2.53. The molecule has 0 radical (unpaired) electrons. The standard InChI is InChI=1S/C85H162N18/c1-35-38-45-99(63-52-76(8,9)94(30)77(10,11)53-63)69-86-68(92(28)62-50-74(4,5)93(29)75(6,7)51-62)87-70(88-69)102(66-58-82(20,21)97(33)83(22,23)59-66)48-43-41-42-44-49-103(67-60-84(24,25)98(34)85(26,27)61-67)73-90-71(100(46-39-36-2)64-54-78(12,13)95(31)79(14,15)55-64)89-72(91-73)101(47-40-37-3)65-56-80(16,17)96(32)81(18,19)57-65/h62-67H,35-61H2,1-34H3. The molecule has 8 rings (SSSR count). The predicted molar refractivity (Wildman–Crippen MR) is 442 cm³/mol. The minimum absolute atomic E-state index is 0.00222. The van der Waals surface area contributed by atoms with E-state index in [1.165, 1.54) is 0 Å². The van der Waals surface area contributed by atoms with Crippen LogP contribution in [0.3, 0.4) is 0 Å². The van der Waals surface area contributed by atoms with E-state index >= 15 is 0 Å². The molecule has 0 aromatic carbocycles. The Morgan fingerprint density at radius 2 is 0.379 bits per heavy atom. The Kier molecular flexibility index (Phi) is 25.8. The highest BCUT2D eigenvalue weighted by Crippen LogP contribution is 2.48. The van der Waals surface area contributed by atoms with Gasteiger partial charge in [-0.2, -0.15) is 29.9 Å². The van der Waals surface area contributed by atoms with Crippen LogP contribution in [0.25, 0.3) is 0 Å². The number of hydrogen-bond donors (Lipinski definition) is 0. The summed E-state index contributed by atoms with van der Waals surface area (Å²) in [4.78, 5) is 67.0. The molecule has 0 N–H and O–H groups in total. The predicted octanol–water partition coefficient (Wildman–Crippen LogP) is 17.1. The first-order valence-electron chi connectivity index (χ1n) is 41.7. The van der Waals surface area contributed by atoms with Crippen molar-refractivity contribution in [1.29, 1.82) is 0 Å². The van der Waals surface area contributed by atoms with Crippen LogP contribution in [-0.2, 0) is 0 Å². The molecule has 0 aliphatic carbocycles. The number of anilines is 6. The fourth-order valence-electron chi connectivity index (χ4n) is 21.1. The van der Waals surface area contributed by atoms with E-state index in [1.807, 2.05) is 0 Å². The summed E-state index contributed by atoms with van der Waals surface area (Å²) >= 11 is 0. The number of nitrogens with zero attached hydrogens (tertiary/aromatic N) is 18. The molecule has 0 bridgehead atoms. The molecule has 2 aromatic rings. The Hall–Kier alpha value is -3.42. The van der Waals surface area contributed by atoms with Crippen molar-refractivity contribution in [2.24, 2.45) is 0 Å². The van der Waals surface area contributed by atoms with E-state index in [0.29, 0.717) is 0 Å². The molecule has 6 aliphatic rings. The van der Waals surface area contributed by atoms with Crippen LogP contribution in [0.1, 0.15) is 328 Å². The Bertz CT molecular complexity index is 2910. The molecule has 6 aliphatic heterocycles. The third-order valence-corrected chi connectivity index (χ3v) is 29.1. The third kappa shape index (κ3) is 18.7. The van der Waals surface area contributed by atoms with Gasteiger partial charge in [-0.3, -0.25) is 29.4 Å². The molecule has 0 unspecified atom stereocenters. The van der Waals surface area contributed by atoms with Crippen LogP contribution in [-0.4, -0.2) is 244 Å². The normalized spacial score (nSPS) is 25.6. The van der Waals surface area contributed by atoms with Crippen molar-refractivity contribution in [2.75, 3.05) is 111 Å². The zero-order valence-electron chi connectivity index (χ0n) is 73.6. The van der Waals surface area contributed by atoms with Crippen molar-refractivity contribution in [2.45, 2.75) is 431 Å². The second kappa shape index (κ2) is 31.2. The summed E-state index contributed by atoms with van der Waals surface area (Å²) in [6.07, 6.45) is 23.2. The molecular weight excluding hydrogens is 1270 g/mol. The summed E-state index contributed by atoms with van der Waals surface area (Å²) in [5, 5.41) is 0. The van der Waals surface area contributed by atoms with E-state index in [9.17, 15) is 0 Å². The Morgan fingerprint density at radius 1 is 0.233 bits per heavy atom. The topological polar surface area (TPSA) is 116 Å². The number of aromatic nitrogens is 6. The molecule has 0 atom stereocenters. The van der Waals surface area contributed by atoms with Gasteiger partial charge in [-0.15, -0.1) is 0 Å². The van der Waals surface area contributed by atoms with Gasteiger partial charge in [0.15, 0.2) is 0 Å². The highest BCUT2D eigenvalue weighted by atomic mass is 15.5. The van der Waals surface area contributed by atoms with Crippen molar-refractivity contribution in [1.82, 2.24) is 59.3 Å². The van der Waals surface area contributed by atoms with Crippen LogP contribution < -0.4 is 29.4 Å². The maximum absolute atomic E-state index is 5.97. The monoisotopic (exact) mass is 1440 g/mol. The first-order chi connectivity index (χ1) is 47.2. The van der Waals surface area contributed by atoms with Gasteiger partial charge in [0.05, 0.1) is 0 Å². The molecule has 0 saturated carbocycles. The maximum atomic E-state index is 5.97. The van der Waals surface area contributed by atoms with E-state index in [2.05, 4.69) is 295 Å². The van der Waals surface area contributed by atoms with Gasteiger partial charge in [0.25, 0.3) is 0 Å². The minimum Gasteiger partial charge on any atom is -0.341 e. The molecule has 18 nitrogen and oxygen atoms in total. The van der Waals surface area contributed by atoms with Gasteiger partial charge >= 0.3 is 0 Å². The number of likely N-dealkylation sites (tertiary alicyclic amines) is 6. The van der Waals surface area contributed by atoms with Crippen LogP contribution in [0.15, 0.2) is 0 Å². The smallest absolute Gasteiger partial charge is 0.232 e. The van der Waals surface area contributed by atoms with Crippen molar-refractivity contribution < 1.29 is 0 Å². The Labute approximate surface area is 634 Å². The number of rotatable bonds is 28. The van der Waals surface area contributed by atoms with E-state index in [1.54, 1.807) is 0 Å². The lowest BCUT2D eigenvalue weighted by Gasteiger charge is -2.56. The van der Waals surface area contributed by atoms with Gasteiger partial charge < -0.3 is 29.4 Å². The molecule has 592 valence electrons. The number of unbranched alkanes of at least 4 members (excludes halogenated alkanes) is 6. The molecule has 103 heavy (non-hydrogen) atoms. The van der Waals surface area contributed by atoms with Crippen molar-refractivity contribution >= 4 is 35.7 Å². The number of hydrogen-bond acceptors (Lipinski definition) is 18. The zero-order valence-corrected chi connectivity index (χ0v) is 73.6. The first kappa shape index (κ1) is 85.2. The largest absolute Gasteiger partial charge is 0.341 e. The zero-order chi connectivity index (χ0) is 77.2. The summed E-state index contributed by atoms with van der Waals surface area (Å²) in [5.74, 6) is 5.15. The van der Waals surface area contributed by atoms with Crippen LogP contribution in [0.5, 0.6) is 0 Å². The third-order valence-electron chi connectivity index (χ3n) is 29.1. The summed E-state index contributed by atoms with van der Waals surface area (Å²) in [6, 6.07) is 1.54. The molecule has 8 heterocycles. The van der Waals surface area contributed by atoms with Crippen LogP contribution >= 0.6 is 0 Å². The van der Waals surface area contributed by atoms with Crippen molar-refractivity contribution in [3.05, 3.63) is 0 Å². The molecule has 0 amide bonds. The van der Waals surface area contributed by atoms with Crippen molar-refractivity contribution in [3.63, 3.8) is 0 Å². The van der Waals surface area contributed by atoms with E-state index in [-0.39, 0.29) is 103 Å². The molecule has 0 spiro atoms. The highest BCUT2D eigenvalue weighted by molar-refractivity contribution is 5.51. The van der Waals surface area contributed by atoms with Crippen LogP contribution in [0.4, 0.5) is 35.7 Å². The molecule has 6 fully saturated rings. The fourth-order valence-corrected chi connectivity index (χ4v) is 21.1. The Balaban J connectivity index is 1.22. The quantitative estimate of drug-likeness (QED) is 0.0752. The average Bonchev–Trinajstić information content (AvgIpc) is 0.767. The summed E-state index contributed by atoms with van der Waals surface area (Å²) in [6.45, 7) is 70.4. The minimum atomic E-state index is -0.0437. The second-order valence-electron chi connectivity index (χ2n) is 42.0. The van der Waals surface area contributed by atoms with Gasteiger partial charge in [-0.25, -0.2) is 0 Å². The van der Waals surface area contributed by atoms with E-state index < -0.39 is 0 Å². The van der Waals surface area contributed by atoms with Crippen molar-refractivity contribution in [3.8, 4) is 0 Å². The van der Waals surface area contributed by atoms with Crippen LogP contribution in [0, 0.1) is 0 Å². The lowest BCUT2D eigenvalue weighted by molar-refractivity contribution is -0.0138. The molecular formula is C85H162N18. The SMILES string of the molecule is CCCCN(c1nc(N(C)C2CC(C)(C)N(C)C(C)(C)C2)nc(N(CCCCCCN(c2nc(N(CCCC)C3CC(C)(C)N(C)C(C)(C)C3)nc(N(CCCC)C3CC(C)(C)N(C)C(C)(C)C3)n2)C2CC(C)(C)N(C)C(C)(C)C2)C2CC(C)(C)N(C)C(C)(C)C2)n1)C1CC(C)(C)N(C)C(C)(C)C1. The summed E-state index contributed by atoms with van der Waals surface area (Å²) < 4.78 is 0. The Morgan fingerprint density at radius 3 is 0.544 bits per heavy atom. The van der Waals surface area contributed by atoms with Gasteiger partial charge in [-0.1, -0.05) is 52.9 Å². The van der Waals surface area contributed by atoms with Crippen LogP contribution in [0.2, 0.25) is 0 Å². The van der Waals surface area contributed by atoms with E-state index in [0.717, 1.165) is 210 Å². The van der Waals surface area contributed by atoms with Gasteiger partial charge in [0, 0.05) is 142 Å². The first-order valence-corrected chi connectivity index (χ1v) is 41.7. The maximum Gasteiger partial charge on any atom is 0.232 e. The summed E-state index contributed by atoms with van der Waals surface area (Å²) in [5.41, 5.74) is -0.199. The average molecular weight is 1440 g/mol.